The van der Waals surface area contributed by atoms with E-state index in [2.05, 4.69) is 56.4 Å². The molecule has 0 saturated carbocycles. The van der Waals surface area contributed by atoms with Crippen LogP contribution in [0.3, 0.4) is 0 Å². The topological polar surface area (TPSA) is 25.2 Å². The highest BCUT2D eigenvalue weighted by atomic mass is 16.3. The van der Waals surface area contributed by atoms with Gasteiger partial charge >= 0.3 is 0 Å². The first-order chi connectivity index (χ1) is 10.0. The lowest BCUT2D eigenvalue weighted by Crippen LogP contribution is -2.22. The molecule has 2 rings (SSSR count). The summed E-state index contributed by atoms with van der Waals surface area (Å²) in [5.74, 6) is 2.67. The van der Waals surface area contributed by atoms with Crippen LogP contribution < -0.4 is 5.32 Å². The standard InChI is InChI=1S/C19H27NO/c1-6-20-19(18-12-14(4)21-15(18)5)17-9-7-16(8-10-17)11-13(2)3/h7-10,12-13,19-20H,6,11H2,1-5H3. The van der Waals surface area contributed by atoms with Gasteiger partial charge in [-0.15, -0.1) is 0 Å². The third-order valence-electron chi connectivity index (χ3n) is 3.76. The van der Waals surface area contributed by atoms with Gasteiger partial charge in [0.15, 0.2) is 0 Å². The van der Waals surface area contributed by atoms with E-state index in [4.69, 9.17) is 4.42 Å². The van der Waals surface area contributed by atoms with E-state index in [1.54, 1.807) is 0 Å². The zero-order valence-electron chi connectivity index (χ0n) is 13.9. The molecule has 1 N–H and O–H groups in total. The van der Waals surface area contributed by atoms with Crippen LogP contribution in [-0.2, 0) is 6.42 Å². The van der Waals surface area contributed by atoms with E-state index in [1.807, 2.05) is 13.8 Å². The summed E-state index contributed by atoms with van der Waals surface area (Å²) in [5, 5.41) is 3.57. The van der Waals surface area contributed by atoms with E-state index in [0.717, 1.165) is 24.5 Å². The van der Waals surface area contributed by atoms with Crippen molar-refractivity contribution in [3.05, 3.63) is 58.5 Å². The maximum Gasteiger partial charge on any atom is 0.106 e. The van der Waals surface area contributed by atoms with E-state index in [0.29, 0.717) is 5.92 Å². The first-order valence-corrected chi connectivity index (χ1v) is 7.90. The first kappa shape index (κ1) is 15.8. The second-order valence-electron chi connectivity index (χ2n) is 6.20. The molecule has 2 nitrogen and oxygen atoms in total. The zero-order chi connectivity index (χ0) is 15.4. The molecule has 0 spiro atoms. The quantitative estimate of drug-likeness (QED) is 0.825. The number of nitrogens with one attached hydrogen (secondary N) is 1. The maximum atomic E-state index is 5.70. The van der Waals surface area contributed by atoms with Crippen LogP contribution in [0.4, 0.5) is 0 Å². The Balaban J connectivity index is 2.28. The lowest BCUT2D eigenvalue weighted by molar-refractivity contribution is 0.495. The monoisotopic (exact) mass is 285 g/mol. The summed E-state index contributed by atoms with van der Waals surface area (Å²) in [4.78, 5) is 0. The number of benzene rings is 1. The van der Waals surface area contributed by atoms with Gasteiger partial charge in [-0.2, -0.15) is 0 Å². The normalized spacial score (nSPS) is 12.9. The van der Waals surface area contributed by atoms with Crippen molar-refractivity contribution >= 4 is 0 Å². The minimum Gasteiger partial charge on any atom is -0.466 e. The van der Waals surface area contributed by atoms with Crippen LogP contribution in [0, 0.1) is 19.8 Å². The molecule has 1 atom stereocenters. The molecule has 0 bridgehead atoms. The van der Waals surface area contributed by atoms with Gasteiger partial charge < -0.3 is 9.73 Å². The second kappa shape index (κ2) is 6.95. The minimum absolute atomic E-state index is 0.209. The van der Waals surface area contributed by atoms with Crippen molar-refractivity contribution in [1.82, 2.24) is 5.32 Å². The van der Waals surface area contributed by atoms with Crippen molar-refractivity contribution < 1.29 is 4.42 Å². The molecule has 0 aliphatic rings. The Morgan fingerprint density at radius 2 is 1.76 bits per heavy atom. The van der Waals surface area contributed by atoms with Crippen molar-refractivity contribution in [2.45, 2.75) is 47.1 Å². The fraction of sp³-hybridized carbons (Fsp3) is 0.474. The van der Waals surface area contributed by atoms with E-state index >= 15 is 0 Å². The molecule has 0 aliphatic carbocycles. The van der Waals surface area contributed by atoms with Crippen molar-refractivity contribution in [2.24, 2.45) is 5.92 Å². The van der Waals surface area contributed by atoms with E-state index < -0.39 is 0 Å². The van der Waals surface area contributed by atoms with Gasteiger partial charge in [0, 0.05) is 5.56 Å². The van der Waals surface area contributed by atoms with Gasteiger partial charge in [-0.25, -0.2) is 0 Å². The molecule has 0 amide bonds. The summed E-state index contributed by atoms with van der Waals surface area (Å²) in [6, 6.07) is 11.3. The number of hydrogen-bond donors (Lipinski definition) is 1. The average molecular weight is 285 g/mol. The van der Waals surface area contributed by atoms with Crippen LogP contribution in [0.1, 0.15) is 55.0 Å². The smallest absolute Gasteiger partial charge is 0.106 e. The molecule has 1 heterocycles. The number of rotatable bonds is 6. The molecule has 1 aromatic carbocycles. The van der Waals surface area contributed by atoms with Gasteiger partial charge in [0.1, 0.15) is 11.5 Å². The van der Waals surface area contributed by atoms with E-state index in [1.165, 1.54) is 16.7 Å². The number of furan rings is 1. The molecule has 0 fully saturated rings. The second-order valence-corrected chi connectivity index (χ2v) is 6.20. The molecular weight excluding hydrogens is 258 g/mol. The van der Waals surface area contributed by atoms with E-state index in [-0.39, 0.29) is 6.04 Å². The molecule has 2 heteroatoms. The molecule has 0 radical (unpaired) electrons. The van der Waals surface area contributed by atoms with Crippen molar-refractivity contribution in [2.75, 3.05) is 6.54 Å². The molecule has 0 saturated heterocycles. The molecule has 0 aliphatic heterocycles. The zero-order valence-corrected chi connectivity index (χ0v) is 13.9. The highest BCUT2D eigenvalue weighted by molar-refractivity contribution is 5.36. The van der Waals surface area contributed by atoms with Crippen LogP contribution in [0.15, 0.2) is 34.7 Å². The molecule has 1 aromatic heterocycles. The van der Waals surface area contributed by atoms with Crippen molar-refractivity contribution in [1.29, 1.82) is 0 Å². The van der Waals surface area contributed by atoms with Gasteiger partial charge in [0.25, 0.3) is 0 Å². The Morgan fingerprint density at radius 3 is 2.24 bits per heavy atom. The Labute approximate surface area is 128 Å². The Morgan fingerprint density at radius 1 is 1.10 bits per heavy atom. The highest BCUT2D eigenvalue weighted by Crippen LogP contribution is 2.28. The molecular formula is C19H27NO. The summed E-state index contributed by atoms with van der Waals surface area (Å²) >= 11 is 0. The SMILES string of the molecule is CCNC(c1ccc(CC(C)C)cc1)c1cc(C)oc1C. The predicted molar refractivity (Wildman–Crippen MR) is 88.7 cm³/mol. The Bertz CT molecular complexity index is 566. The predicted octanol–water partition coefficient (Wildman–Crippen LogP) is 4.79. The van der Waals surface area contributed by atoms with Gasteiger partial charge in [-0.1, -0.05) is 45.0 Å². The highest BCUT2D eigenvalue weighted by Gasteiger charge is 2.18. The van der Waals surface area contributed by atoms with Gasteiger partial charge in [-0.3, -0.25) is 0 Å². The van der Waals surface area contributed by atoms with Gasteiger partial charge in [-0.05, 0) is 49.9 Å². The largest absolute Gasteiger partial charge is 0.466 e. The van der Waals surface area contributed by atoms with Gasteiger partial charge in [0.2, 0.25) is 0 Å². The van der Waals surface area contributed by atoms with E-state index in [9.17, 15) is 0 Å². The van der Waals surface area contributed by atoms with Crippen molar-refractivity contribution in [3.63, 3.8) is 0 Å². The molecule has 1 unspecified atom stereocenters. The van der Waals surface area contributed by atoms with Crippen LogP contribution >= 0.6 is 0 Å². The summed E-state index contributed by atoms with van der Waals surface area (Å²) < 4.78 is 5.70. The van der Waals surface area contributed by atoms with Crippen LogP contribution in [0.25, 0.3) is 0 Å². The van der Waals surface area contributed by atoms with Crippen LogP contribution in [-0.4, -0.2) is 6.54 Å². The van der Waals surface area contributed by atoms with Gasteiger partial charge in [0.05, 0.1) is 6.04 Å². The lowest BCUT2D eigenvalue weighted by Gasteiger charge is -2.18. The summed E-state index contributed by atoms with van der Waals surface area (Å²) in [7, 11) is 0. The fourth-order valence-corrected chi connectivity index (χ4v) is 2.87. The van der Waals surface area contributed by atoms with Crippen LogP contribution in [0.2, 0.25) is 0 Å². The van der Waals surface area contributed by atoms with Crippen molar-refractivity contribution in [3.8, 4) is 0 Å². The third kappa shape index (κ3) is 3.98. The molecule has 114 valence electrons. The average Bonchev–Trinajstić information content (AvgIpc) is 2.75. The minimum atomic E-state index is 0.209. The Hall–Kier alpha value is -1.54. The maximum absolute atomic E-state index is 5.70. The summed E-state index contributed by atoms with van der Waals surface area (Å²) in [6.07, 6.45) is 1.13. The molecule has 21 heavy (non-hydrogen) atoms. The lowest BCUT2D eigenvalue weighted by atomic mass is 9.95. The number of hydrogen-bond acceptors (Lipinski definition) is 2. The first-order valence-electron chi connectivity index (χ1n) is 7.90. The third-order valence-corrected chi connectivity index (χ3v) is 3.76. The Kier molecular flexibility index (Phi) is 5.24. The fourth-order valence-electron chi connectivity index (χ4n) is 2.87. The molecule has 2 aromatic rings. The summed E-state index contributed by atoms with van der Waals surface area (Å²) in [6.45, 7) is 11.6. The van der Waals surface area contributed by atoms with Crippen LogP contribution in [0.5, 0.6) is 0 Å². The summed E-state index contributed by atoms with van der Waals surface area (Å²) in [5.41, 5.74) is 3.95. The number of aryl methyl sites for hydroxylation is 2.